The first kappa shape index (κ1) is 13.9. The van der Waals surface area contributed by atoms with E-state index >= 15 is 0 Å². The van der Waals surface area contributed by atoms with Crippen molar-refractivity contribution in [1.82, 2.24) is 5.32 Å². The molecule has 1 heterocycles. The second-order valence-corrected chi connectivity index (χ2v) is 5.68. The van der Waals surface area contributed by atoms with E-state index in [1.807, 2.05) is 24.3 Å². The van der Waals surface area contributed by atoms with Gasteiger partial charge in [-0.2, -0.15) is 0 Å². The van der Waals surface area contributed by atoms with Crippen molar-refractivity contribution in [1.29, 1.82) is 0 Å². The van der Waals surface area contributed by atoms with Crippen LogP contribution in [0.5, 0.6) is 0 Å². The maximum Gasteiger partial charge on any atom is 0.229 e. The van der Waals surface area contributed by atoms with Crippen LogP contribution in [-0.2, 0) is 4.79 Å². The molecule has 0 aliphatic carbocycles. The van der Waals surface area contributed by atoms with E-state index < -0.39 is 0 Å². The summed E-state index contributed by atoms with van der Waals surface area (Å²) in [5.41, 5.74) is 2.22. The highest BCUT2D eigenvalue weighted by molar-refractivity contribution is 5.88. The molecule has 0 fully saturated rings. The molecule has 19 heavy (non-hydrogen) atoms. The first-order chi connectivity index (χ1) is 9.11. The van der Waals surface area contributed by atoms with E-state index in [9.17, 15) is 4.79 Å². The van der Waals surface area contributed by atoms with Gasteiger partial charge in [0.2, 0.25) is 5.91 Å². The van der Waals surface area contributed by atoms with E-state index in [1.54, 1.807) is 0 Å². The van der Waals surface area contributed by atoms with Crippen LogP contribution in [0, 0.1) is 5.92 Å². The van der Waals surface area contributed by atoms with Crippen LogP contribution in [0.25, 0.3) is 0 Å². The third kappa shape index (κ3) is 3.28. The molecular formula is C16H24N2O. The standard InChI is InChI=1S/C16H24N2O/c1-4-11(2)9-12(3)18-16(19)14-10-17-15-8-6-5-7-13(14)15/h5-8,11-12,14,17H,4,9-10H2,1-3H3,(H,18,19). The highest BCUT2D eigenvalue weighted by Crippen LogP contribution is 2.31. The largest absolute Gasteiger partial charge is 0.384 e. The summed E-state index contributed by atoms with van der Waals surface area (Å²) in [5, 5.41) is 6.44. The number of rotatable bonds is 5. The molecule has 2 N–H and O–H groups in total. The molecule has 1 aromatic carbocycles. The number of amides is 1. The van der Waals surface area contributed by atoms with E-state index in [4.69, 9.17) is 0 Å². The van der Waals surface area contributed by atoms with E-state index in [-0.39, 0.29) is 17.9 Å². The highest BCUT2D eigenvalue weighted by atomic mass is 16.2. The molecule has 2 rings (SSSR count). The lowest BCUT2D eigenvalue weighted by Gasteiger charge is -2.19. The van der Waals surface area contributed by atoms with E-state index in [0.29, 0.717) is 12.5 Å². The zero-order valence-electron chi connectivity index (χ0n) is 12.1. The van der Waals surface area contributed by atoms with Crippen LogP contribution < -0.4 is 10.6 Å². The Morgan fingerprint density at radius 3 is 2.89 bits per heavy atom. The van der Waals surface area contributed by atoms with Gasteiger partial charge in [-0.05, 0) is 30.9 Å². The van der Waals surface area contributed by atoms with Gasteiger partial charge >= 0.3 is 0 Å². The molecule has 0 spiro atoms. The number of hydrogen-bond donors (Lipinski definition) is 2. The van der Waals surface area contributed by atoms with Crippen molar-refractivity contribution in [2.45, 2.75) is 45.6 Å². The van der Waals surface area contributed by atoms with Crippen LogP contribution in [0.1, 0.15) is 45.1 Å². The van der Waals surface area contributed by atoms with Gasteiger partial charge in [-0.1, -0.05) is 38.5 Å². The summed E-state index contributed by atoms with van der Waals surface area (Å²) in [6.45, 7) is 7.23. The maximum atomic E-state index is 12.3. The van der Waals surface area contributed by atoms with Crippen molar-refractivity contribution < 1.29 is 4.79 Å². The third-order valence-electron chi connectivity index (χ3n) is 3.99. The second kappa shape index (κ2) is 6.09. The molecule has 3 heteroatoms. The van der Waals surface area contributed by atoms with E-state index in [1.165, 1.54) is 0 Å². The summed E-state index contributed by atoms with van der Waals surface area (Å²) in [6, 6.07) is 8.31. The Kier molecular flexibility index (Phi) is 4.46. The number of carbonyl (C=O) groups is 1. The van der Waals surface area contributed by atoms with Crippen molar-refractivity contribution in [3.05, 3.63) is 29.8 Å². The summed E-state index contributed by atoms with van der Waals surface area (Å²) >= 11 is 0. The number of carbonyl (C=O) groups excluding carboxylic acids is 1. The lowest BCUT2D eigenvalue weighted by Crippen LogP contribution is -2.37. The summed E-state index contributed by atoms with van der Waals surface area (Å²) in [6.07, 6.45) is 2.21. The predicted octanol–water partition coefficient (Wildman–Crippen LogP) is 3.14. The van der Waals surface area contributed by atoms with E-state index in [2.05, 4.69) is 31.4 Å². The lowest BCUT2D eigenvalue weighted by atomic mass is 9.97. The van der Waals surface area contributed by atoms with Gasteiger partial charge in [0.25, 0.3) is 0 Å². The second-order valence-electron chi connectivity index (χ2n) is 5.68. The van der Waals surface area contributed by atoms with Gasteiger partial charge in [0.05, 0.1) is 5.92 Å². The van der Waals surface area contributed by atoms with Gasteiger partial charge in [-0.3, -0.25) is 4.79 Å². The molecule has 0 saturated carbocycles. The quantitative estimate of drug-likeness (QED) is 0.854. The van der Waals surface area contributed by atoms with Gasteiger partial charge in [0, 0.05) is 18.3 Å². The molecule has 1 aliphatic heterocycles. The molecule has 0 radical (unpaired) electrons. The minimum absolute atomic E-state index is 0.0458. The average molecular weight is 260 g/mol. The van der Waals surface area contributed by atoms with Crippen molar-refractivity contribution in [3.63, 3.8) is 0 Å². The van der Waals surface area contributed by atoms with Crippen LogP contribution in [0.4, 0.5) is 5.69 Å². The fourth-order valence-corrected chi connectivity index (χ4v) is 2.69. The Hall–Kier alpha value is -1.51. The van der Waals surface area contributed by atoms with Gasteiger partial charge in [-0.25, -0.2) is 0 Å². The number of nitrogens with one attached hydrogen (secondary N) is 2. The molecule has 104 valence electrons. The van der Waals surface area contributed by atoms with Crippen molar-refractivity contribution in [2.75, 3.05) is 11.9 Å². The first-order valence-electron chi connectivity index (χ1n) is 7.25. The van der Waals surface area contributed by atoms with Crippen LogP contribution in [0.3, 0.4) is 0 Å². The van der Waals surface area contributed by atoms with Crippen LogP contribution in [0.15, 0.2) is 24.3 Å². The van der Waals surface area contributed by atoms with E-state index in [0.717, 1.165) is 24.1 Å². The number of benzene rings is 1. The smallest absolute Gasteiger partial charge is 0.229 e. The minimum Gasteiger partial charge on any atom is -0.384 e. The monoisotopic (exact) mass is 260 g/mol. The number of fused-ring (bicyclic) bond motifs is 1. The normalized spacial score (nSPS) is 20.3. The van der Waals surface area contributed by atoms with Gasteiger partial charge < -0.3 is 10.6 Å². The molecule has 3 nitrogen and oxygen atoms in total. The number of hydrogen-bond acceptors (Lipinski definition) is 2. The Morgan fingerprint density at radius 2 is 2.16 bits per heavy atom. The Balaban J connectivity index is 1.95. The number of anilines is 1. The average Bonchev–Trinajstić information content (AvgIpc) is 2.82. The topological polar surface area (TPSA) is 41.1 Å². The molecule has 1 amide bonds. The fraction of sp³-hybridized carbons (Fsp3) is 0.562. The molecule has 0 aromatic heterocycles. The van der Waals surface area contributed by atoms with Gasteiger partial charge in [-0.15, -0.1) is 0 Å². The zero-order valence-corrected chi connectivity index (χ0v) is 12.1. The summed E-state index contributed by atoms with van der Waals surface area (Å²) in [7, 11) is 0. The SMILES string of the molecule is CCC(C)CC(C)NC(=O)C1CNc2ccccc21. The van der Waals surface area contributed by atoms with Gasteiger partial charge in [0.1, 0.15) is 0 Å². The van der Waals surface area contributed by atoms with Crippen molar-refractivity contribution in [3.8, 4) is 0 Å². The molecule has 0 saturated heterocycles. The molecule has 1 aliphatic rings. The first-order valence-corrected chi connectivity index (χ1v) is 7.25. The third-order valence-corrected chi connectivity index (χ3v) is 3.99. The number of para-hydroxylation sites is 1. The summed E-state index contributed by atoms with van der Waals surface area (Å²) in [4.78, 5) is 12.3. The Bertz CT molecular complexity index is 444. The molecular weight excluding hydrogens is 236 g/mol. The lowest BCUT2D eigenvalue weighted by molar-refractivity contribution is -0.122. The zero-order chi connectivity index (χ0) is 13.8. The molecule has 1 aromatic rings. The minimum atomic E-state index is -0.0458. The summed E-state index contributed by atoms with van der Waals surface area (Å²) < 4.78 is 0. The van der Waals surface area contributed by atoms with Crippen molar-refractivity contribution in [2.24, 2.45) is 5.92 Å². The van der Waals surface area contributed by atoms with Crippen LogP contribution in [0.2, 0.25) is 0 Å². The predicted molar refractivity (Wildman–Crippen MR) is 79.3 cm³/mol. The molecule has 3 unspecified atom stereocenters. The van der Waals surface area contributed by atoms with Crippen LogP contribution in [-0.4, -0.2) is 18.5 Å². The van der Waals surface area contributed by atoms with Crippen LogP contribution >= 0.6 is 0 Å². The molecule has 3 atom stereocenters. The summed E-state index contributed by atoms with van der Waals surface area (Å²) in [5.74, 6) is 0.758. The fourth-order valence-electron chi connectivity index (χ4n) is 2.69. The van der Waals surface area contributed by atoms with Gasteiger partial charge in [0.15, 0.2) is 0 Å². The highest BCUT2D eigenvalue weighted by Gasteiger charge is 2.28. The Labute approximate surface area is 115 Å². The van der Waals surface area contributed by atoms with Crippen molar-refractivity contribution >= 4 is 11.6 Å². The Morgan fingerprint density at radius 1 is 1.42 bits per heavy atom. The maximum absolute atomic E-state index is 12.3. The molecule has 0 bridgehead atoms.